The molecule has 0 spiro atoms. The Hall–Kier alpha value is -2.07. The molecule has 1 atom stereocenters. The molecule has 0 aromatic heterocycles. The van der Waals surface area contributed by atoms with Crippen molar-refractivity contribution in [1.82, 2.24) is 4.90 Å². The zero-order valence-electron chi connectivity index (χ0n) is 12.7. The minimum atomic E-state index is -0.362. The van der Waals surface area contributed by atoms with Gasteiger partial charge < -0.3 is 9.47 Å². The molecule has 21 heavy (non-hydrogen) atoms. The van der Waals surface area contributed by atoms with Crippen molar-refractivity contribution in [3.63, 3.8) is 0 Å². The molecule has 1 unspecified atom stereocenters. The summed E-state index contributed by atoms with van der Waals surface area (Å²) in [5.41, 5.74) is 1.05. The first-order valence-corrected chi connectivity index (χ1v) is 6.82. The van der Waals surface area contributed by atoms with Crippen LogP contribution in [0.3, 0.4) is 0 Å². The highest BCUT2D eigenvalue weighted by atomic mass is 16.5. The lowest BCUT2D eigenvalue weighted by Crippen LogP contribution is -2.43. The Morgan fingerprint density at radius 1 is 1.19 bits per heavy atom. The van der Waals surface area contributed by atoms with Crippen LogP contribution in [0.2, 0.25) is 0 Å². The number of carbonyl (C=O) groups is 1. The van der Waals surface area contributed by atoms with Gasteiger partial charge >= 0.3 is 5.97 Å². The maximum absolute atomic E-state index is 12.1. The number of ether oxygens (including phenoxy) is 2. The van der Waals surface area contributed by atoms with E-state index in [9.17, 15) is 4.79 Å². The predicted molar refractivity (Wildman–Crippen MR) is 84.5 cm³/mol. The summed E-state index contributed by atoms with van der Waals surface area (Å²) in [6.07, 6.45) is 4.11. The van der Waals surface area contributed by atoms with Gasteiger partial charge in [-0.05, 0) is 24.1 Å². The maximum atomic E-state index is 12.1. The number of nitrogens with zero attached hydrogens (tertiary/aromatic N) is 1. The third kappa shape index (κ3) is 5.08. The van der Waals surface area contributed by atoms with Gasteiger partial charge in [-0.15, -0.1) is 13.2 Å². The smallest absolute Gasteiger partial charge is 0.323 e. The Morgan fingerprint density at radius 3 is 2.19 bits per heavy atom. The van der Waals surface area contributed by atoms with Crippen LogP contribution in [-0.4, -0.2) is 44.2 Å². The summed E-state index contributed by atoms with van der Waals surface area (Å²) in [6.45, 7) is 8.67. The molecule has 0 radical (unpaired) electrons. The summed E-state index contributed by atoms with van der Waals surface area (Å²) in [5.74, 6) is 0.539. The van der Waals surface area contributed by atoms with E-state index in [1.54, 1.807) is 19.3 Å². The fourth-order valence-electron chi connectivity index (χ4n) is 2.14. The predicted octanol–water partition coefficient (Wildman–Crippen LogP) is 2.45. The fourth-order valence-corrected chi connectivity index (χ4v) is 2.14. The molecule has 0 fully saturated rings. The number of rotatable bonds is 9. The number of methoxy groups -OCH3 is 2. The van der Waals surface area contributed by atoms with E-state index in [1.165, 1.54) is 7.11 Å². The molecule has 0 aliphatic carbocycles. The molecule has 1 aromatic rings. The van der Waals surface area contributed by atoms with Crippen LogP contribution in [-0.2, 0) is 16.0 Å². The van der Waals surface area contributed by atoms with Crippen molar-refractivity contribution in [2.45, 2.75) is 12.5 Å². The van der Waals surface area contributed by atoms with Crippen molar-refractivity contribution in [2.75, 3.05) is 27.3 Å². The molecule has 1 aromatic carbocycles. The lowest BCUT2D eigenvalue weighted by atomic mass is 10.0. The molecule has 0 amide bonds. The fraction of sp³-hybridized carbons (Fsp3) is 0.353. The average molecular weight is 289 g/mol. The van der Waals surface area contributed by atoms with E-state index in [0.717, 1.165) is 11.3 Å². The van der Waals surface area contributed by atoms with Gasteiger partial charge in [0.25, 0.3) is 0 Å². The first kappa shape index (κ1) is 17.0. The van der Waals surface area contributed by atoms with Crippen molar-refractivity contribution >= 4 is 5.97 Å². The molecule has 0 saturated heterocycles. The average Bonchev–Trinajstić information content (AvgIpc) is 2.52. The summed E-state index contributed by atoms with van der Waals surface area (Å²) in [6, 6.07) is 7.31. The highest BCUT2D eigenvalue weighted by molar-refractivity contribution is 5.76. The van der Waals surface area contributed by atoms with E-state index in [1.807, 2.05) is 29.2 Å². The number of hydrogen-bond acceptors (Lipinski definition) is 4. The van der Waals surface area contributed by atoms with E-state index in [0.29, 0.717) is 19.5 Å². The van der Waals surface area contributed by atoms with Gasteiger partial charge in [0.1, 0.15) is 11.8 Å². The zero-order valence-corrected chi connectivity index (χ0v) is 12.7. The van der Waals surface area contributed by atoms with Crippen molar-refractivity contribution in [3.05, 3.63) is 55.1 Å². The molecule has 0 aliphatic rings. The Kier molecular flexibility index (Phi) is 7.26. The highest BCUT2D eigenvalue weighted by Crippen LogP contribution is 2.15. The van der Waals surface area contributed by atoms with Gasteiger partial charge in [-0.2, -0.15) is 0 Å². The van der Waals surface area contributed by atoms with Gasteiger partial charge in [0, 0.05) is 13.1 Å². The molecule has 0 N–H and O–H groups in total. The van der Waals surface area contributed by atoms with Crippen LogP contribution >= 0.6 is 0 Å². The topological polar surface area (TPSA) is 38.8 Å². The summed E-state index contributed by atoms with van der Waals surface area (Å²) in [7, 11) is 3.03. The minimum absolute atomic E-state index is 0.255. The van der Waals surface area contributed by atoms with E-state index in [2.05, 4.69) is 13.2 Å². The molecule has 0 bridgehead atoms. The van der Waals surface area contributed by atoms with Crippen LogP contribution in [0.25, 0.3) is 0 Å². The lowest BCUT2D eigenvalue weighted by molar-refractivity contribution is -0.146. The summed E-state index contributed by atoms with van der Waals surface area (Å²) < 4.78 is 10.1. The number of esters is 1. The third-order valence-corrected chi connectivity index (χ3v) is 3.23. The van der Waals surface area contributed by atoms with Gasteiger partial charge in [-0.3, -0.25) is 9.69 Å². The van der Waals surface area contributed by atoms with E-state index < -0.39 is 0 Å². The van der Waals surface area contributed by atoms with E-state index in [4.69, 9.17) is 9.47 Å². The Bertz CT molecular complexity index is 457. The van der Waals surface area contributed by atoms with Crippen LogP contribution in [0.1, 0.15) is 5.56 Å². The summed E-state index contributed by atoms with van der Waals surface area (Å²) in [4.78, 5) is 14.1. The molecule has 0 aliphatic heterocycles. The summed E-state index contributed by atoms with van der Waals surface area (Å²) >= 11 is 0. The Balaban J connectivity index is 2.91. The van der Waals surface area contributed by atoms with Gasteiger partial charge in [0.2, 0.25) is 0 Å². The molecule has 4 heteroatoms. The molecule has 4 nitrogen and oxygen atoms in total. The second kappa shape index (κ2) is 8.97. The first-order chi connectivity index (χ1) is 10.2. The number of carbonyl (C=O) groups excluding carboxylic acids is 1. The second-order valence-electron chi connectivity index (χ2n) is 4.62. The van der Waals surface area contributed by atoms with Crippen molar-refractivity contribution in [3.8, 4) is 5.75 Å². The van der Waals surface area contributed by atoms with Crippen molar-refractivity contribution in [1.29, 1.82) is 0 Å². The number of hydrogen-bond donors (Lipinski definition) is 0. The van der Waals surface area contributed by atoms with Crippen LogP contribution in [0.5, 0.6) is 5.75 Å². The second-order valence-corrected chi connectivity index (χ2v) is 4.62. The van der Waals surface area contributed by atoms with Crippen LogP contribution in [0.15, 0.2) is 49.6 Å². The van der Waals surface area contributed by atoms with Crippen molar-refractivity contribution < 1.29 is 14.3 Å². The van der Waals surface area contributed by atoms with Gasteiger partial charge in [0.15, 0.2) is 0 Å². The first-order valence-electron chi connectivity index (χ1n) is 6.82. The van der Waals surface area contributed by atoms with Crippen LogP contribution in [0, 0.1) is 0 Å². The molecule has 0 saturated carbocycles. The Morgan fingerprint density at radius 2 is 1.76 bits per heavy atom. The maximum Gasteiger partial charge on any atom is 0.323 e. The summed E-state index contributed by atoms with van der Waals surface area (Å²) in [5, 5.41) is 0. The van der Waals surface area contributed by atoms with Crippen LogP contribution in [0.4, 0.5) is 0 Å². The molecular weight excluding hydrogens is 266 g/mol. The standard InChI is InChI=1S/C17H23NO3/c1-5-11-18(12-6-2)16(17(19)21-4)13-14-7-9-15(20-3)10-8-14/h5-10,16H,1-2,11-13H2,3-4H3. The van der Waals surface area contributed by atoms with Gasteiger partial charge in [0.05, 0.1) is 14.2 Å². The van der Waals surface area contributed by atoms with E-state index >= 15 is 0 Å². The van der Waals surface area contributed by atoms with Gasteiger partial charge in [-0.25, -0.2) is 0 Å². The quantitative estimate of drug-likeness (QED) is 0.517. The van der Waals surface area contributed by atoms with Crippen LogP contribution < -0.4 is 4.74 Å². The third-order valence-electron chi connectivity index (χ3n) is 3.23. The molecule has 114 valence electrons. The van der Waals surface area contributed by atoms with Crippen molar-refractivity contribution in [2.24, 2.45) is 0 Å². The van der Waals surface area contributed by atoms with E-state index in [-0.39, 0.29) is 12.0 Å². The highest BCUT2D eigenvalue weighted by Gasteiger charge is 2.25. The SMILES string of the molecule is C=CCN(CC=C)C(Cc1ccc(OC)cc1)C(=O)OC. The largest absolute Gasteiger partial charge is 0.497 e. The van der Waals surface area contributed by atoms with Gasteiger partial charge in [-0.1, -0.05) is 24.3 Å². The molecule has 0 heterocycles. The normalized spacial score (nSPS) is 11.8. The Labute approximate surface area is 126 Å². The lowest BCUT2D eigenvalue weighted by Gasteiger charge is -2.27. The number of benzene rings is 1. The molecule has 1 rings (SSSR count). The minimum Gasteiger partial charge on any atom is -0.497 e. The molecular formula is C17H23NO3. The zero-order chi connectivity index (χ0) is 15.7. The monoisotopic (exact) mass is 289 g/mol.